The largest absolute Gasteiger partial charge is 0.497 e. The lowest BCUT2D eigenvalue weighted by Gasteiger charge is -2.30. The molecule has 4 aromatic rings. The van der Waals surface area contributed by atoms with Crippen LogP contribution in [0.5, 0.6) is 5.75 Å². The van der Waals surface area contributed by atoms with Gasteiger partial charge < -0.3 is 15.0 Å². The lowest BCUT2D eigenvalue weighted by Crippen LogP contribution is -2.46. The van der Waals surface area contributed by atoms with Gasteiger partial charge in [0, 0.05) is 30.0 Å². The van der Waals surface area contributed by atoms with Crippen molar-refractivity contribution in [3.05, 3.63) is 84.1 Å². The number of carbonyl (C=O) groups excluding carboxylic acids is 2. The fourth-order valence-corrected chi connectivity index (χ4v) is 4.65. The summed E-state index contributed by atoms with van der Waals surface area (Å²) in [5.74, 6) is -6.54. The Bertz CT molecular complexity index is 1530. The molecule has 0 bridgehead atoms. The molecular weight excluding hydrogens is 504 g/mol. The molecule has 2 heterocycles. The second-order valence-electron chi connectivity index (χ2n) is 9.04. The van der Waals surface area contributed by atoms with Crippen LogP contribution in [0.1, 0.15) is 24.9 Å². The van der Waals surface area contributed by atoms with Crippen LogP contribution in [-0.4, -0.2) is 40.7 Å². The smallest absolute Gasteiger partial charge is 0.321 e. The molecule has 0 aliphatic carbocycles. The summed E-state index contributed by atoms with van der Waals surface area (Å²) in [5, 5.41) is 7.20. The summed E-state index contributed by atoms with van der Waals surface area (Å²) in [4.78, 5) is 26.7. The zero-order chi connectivity index (χ0) is 27.2. The Labute approximate surface area is 214 Å². The zero-order valence-corrected chi connectivity index (χ0v) is 20.3. The van der Waals surface area contributed by atoms with Crippen molar-refractivity contribution in [3.63, 3.8) is 0 Å². The number of anilines is 1. The lowest BCUT2D eigenvalue weighted by molar-refractivity contribution is -0.143. The summed E-state index contributed by atoms with van der Waals surface area (Å²) >= 11 is 0. The molecule has 3 aromatic carbocycles. The fourth-order valence-electron chi connectivity index (χ4n) is 4.65. The maximum atomic E-state index is 15.1. The predicted molar refractivity (Wildman–Crippen MR) is 131 cm³/mol. The van der Waals surface area contributed by atoms with E-state index in [2.05, 4.69) is 10.4 Å². The van der Waals surface area contributed by atoms with Crippen LogP contribution < -0.4 is 15.0 Å². The van der Waals surface area contributed by atoms with Gasteiger partial charge in [-0.25, -0.2) is 13.5 Å². The van der Waals surface area contributed by atoms with Crippen molar-refractivity contribution in [1.29, 1.82) is 0 Å². The third kappa shape index (κ3) is 4.55. The molecule has 0 spiro atoms. The van der Waals surface area contributed by atoms with Gasteiger partial charge in [0.2, 0.25) is 5.91 Å². The molecule has 11 heteroatoms. The Balaban J connectivity index is 1.58. The van der Waals surface area contributed by atoms with E-state index in [0.717, 1.165) is 6.07 Å². The van der Waals surface area contributed by atoms with Gasteiger partial charge in [-0.05, 0) is 60.7 Å². The van der Waals surface area contributed by atoms with E-state index in [0.29, 0.717) is 35.0 Å². The fraction of sp³-hybridized carbons (Fsp3) is 0.222. The van der Waals surface area contributed by atoms with E-state index in [4.69, 9.17) is 4.74 Å². The summed E-state index contributed by atoms with van der Waals surface area (Å²) in [7, 11) is 1.39. The normalized spacial score (nSPS) is 17.7. The molecule has 7 nitrogen and oxygen atoms in total. The Morgan fingerprint density at radius 1 is 1.05 bits per heavy atom. The quantitative estimate of drug-likeness (QED) is 0.362. The molecule has 0 radical (unpaired) electrons. The van der Waals surface area contributed by atoms with Crippen molar-refractivity contribution in [2.75, 3.05) is 12.0 Å². The number of rotatable bonds is 6. The lowest BCUT2D eigenvalue weighted by atomic mass is 9.98. The van der Waals surface area contributed by atoms with Crippen LogP contribution in [0.3, 0.4) is 0 Å². The minimum absolute atomic E-state index is 0.00187. The third-order valence-electron chi connectivity index (χ3n) is 6.46. The van der Waals surface area contributed by atoms with Crippen molar-refractivity contribution >= 4 is 28.4 Å². The Morgan fingerprint density at radius 2 is 1.76 bits per heavy atom. The first-order chi connectivity index (χ1) is 18.1. The summed E-state index contributed by atoms with van der Waals surface area (Å²) in [6, 6.07) is 12.4. The average molecular weight is 526 g/mol. The Hall–Kier alpha value is -4.41. The van der Waals surface area contributed by atoms with Gasteiger partial charge in [-0.1, -0.05) is 0 Å². The second kappa shape index (κ2) is 9.47. The summed E-state index contributed by atoms with van der Waals surface area (Å²) in [6.45, 7) is 0.449. The van der Waals surface area contributed by atoms with Crippen LogP contribution in [0.2, 0.25) is 0 Å². The summed E-state index contributed by atoms with van der Waals surface area (Å²) < 4.78 is 62.7. The Kier molecular flexibility index (Phi) is 6.29. The van der Waals surface area contributed by atoms with Gasteiger partial charge in [-0.2, -0.15) is 13.9 Å². The van der Waals surface area contributed by atoms with Crippen molar-refractivity contribution in [2.45, 2.75) is 31.4 Å². The molecule has 1 fully saturated rings. The molecule has 0 unspecified atom stereocenters. The summed E-state index contributed by atoms with van der Waals surface area (Å²) in [6.07, 6.45) is 1.23. The van der Waals surface area contributed by atoms with E-state index in [1.165, 1.54) is 36.3 Å². The van der Waals surface area contributed by atoms with Crippen LogP contribution in [0, 0.1) is 11.6 Å². The molecule has 1 aliphatic rings. The van der Waals surface area contributed by atoms with Gasteiger partial charge in [0.1, 0.15) is 17.4 Å². The molecule has 2 amide bonds. The standard InChI is InChI=1S/C27H22F4N4O3/c1-27(30,31)26(37)33-22-13-24(36)34(25(22)20-12-19(38-2)8-9-21(20)29)18-7-10-23-15(11-18)14-32-35(23)17-5-3-16(28)4-6-17/h3-12,14,22,25H,13H2,1-2H3,(H,33,37)/t22-,25+/m0/s1. The highest BCUT2D eigenvalue weighted by molar-refractivity contribution is 6.00. The average Bonchev–Trinajstić information content (AvgIpc) is 3.44. The van der Waals surface area contributed by atoms with Crippen LogP contribution in [0.25, 0.3) is 16.6 Å². The first-order valence-electron chi connectivity index (χ1n) is 11.6. The van der Waals surface area contributed by atoms with Crippen molar-refractivity contribution in [3.8, 4) is 11.4 Å². The van der Waals surface area contributed by atoms with E-state index in [1.807, 2.05) is 0 Å². The molecule has 1 N–H and O–H groups in total. The highest BCUT2D eigenvalue weighted by Crippen LogP contribution is 2.41. The number of aromatic nitrogens is 2. The van der Waals surface area contributed by atoms with Crippen LogP contribution in [0.4, 0.5) is 23.2 Å². The monoisotopic (exact) mass is 526 g/mol. The zero-order valence-electron chi connectivity index (χ0n) is 20.3. The van der Waals surface area contributed by atoms with E-state index in [1.54, 1.807) is 41.2 Å². The highest BCUT2D eigenvalue weighted by atomic mass is 19.3. The number of alkyl halides is 2. The molecule has 5 rings (SSSR count). The van der Waals surface area contributed by atoms with Gasteiger partial charge in [-0.15, -0.1) is 0 Å². The summed E-state index contributed by atoms with van der Waals surface area (Å²) in [5.41, 5.74) is 1.63. The first kappa shape index (κ1) is 25.2. The minimum Gasteiger partial charge on any atom is -0.497 e. The molecule has 196 valence electrons. The third-order valence-corrected chi connectivity index (χ3v) is 6.46. The SMILES string of the molecule is COc1ccc(F)c([C@@H]2[C@@H](NC(=O)C(C)(F)F)CC(=O)N2c2ccc3c(cnn3-c3ccc(F)cc3)c2)c1. The number of fused-ring (bicyclic) bond motifs is 1. The highest BCUT2D eigenvalue weighted by Gasteiger charge is 2.46. The number of amides is 2. The number of nitrogens with zero attached hydrogens (tertiary/aromatic N) is 3. The van der Waals surface area contributed by atoms with Crippen LogP contribution in [-0.2, 0) is 9.59 Å². The predicted octanol–water partition coefficient (Wildman–Crippen LogP) is 4.93. The molecule has 1 aliphatic heterocycles. The molecule has 1 saturated heterocycles. The van der Waals surface area contributed by atoms with Crippen LogP contribution >= 0.6 is 0 Å². The number of benzene rings is 3. The van der Waals surface area contributed by atoms with Gasteiger partial charge in [-0.3, -0.25) is 9.59 Å². The topological polar surface area (TPSA) is 76.5 Å². The molecule has 2 atom stereocenters. The van der Waals surface area contributed by atoms with E-state index < -0.39 is 41.5 Å². The number of nitrogens with one attached hydrogen (secondary N) is 1. The first-order valence-corrected chi connectivity index (χ1v) is 11.6. The molecule has 0 saturated carbocycles. The van der Waals surface area contributed by atoms with Crippen molar-refractivity contribution in [1.82, 2.24) is 15.1 Å². The number of hydrogen-bond donors (Lipinski definition) is 1. The van der Waals surface area contributed by atoms with E-state index >= 15 is 4.39 Å². The van der Waals surface area contributed by atoms with Gasteiger partial charge in [0.05, 0.1) is 36.6 Å². The Morgan fingerprint density at radius 3 is 2.45 bits per heavy atom. The number of ether oxygens (including phenoxy) is 1. The number of halogens is 4. The number of methoxy groups -OCH3 is 1. The molecule has 38 heavy (non-hydrogen) atoms. The number of hydrogen-bond acceptors (Lipinski definition) is 4. The maximum Gasteiger partial charge on any atom is 0.321 e. The second-order valence-corrected chi connectivity index (χ2v) is 9.04. The molecule has 1 aromatic heterocycles. The number of carbonyl (C=O) groups is 2. The van der Waals surface area contributed by atoms with Crippen molar-refractivity contribution in [2.24, 2.45) is 0 Å². The van der Waals surface area contributed by atoms with E-state index in [9.17, 15) is 22.8 Å². The van der Waals surface area contributed by atoms with E-state index in [-0.39, 0.29) is 12.0 Å². The van der Waals surface area contributed by atoms with Gasteiger partial charge in [0.15, 0.2) is 0 Å². The van der Waals surface area contributed by atoms with Crippen LogP contribution in [0.15, 0.2) is 66.9 Å². The maximum absolute atomic E-state index is 15.1. The van der Waals surface area contributed by atoms with Gasteiger partial charge in [0.25, 0.3) is 5.91 Å². The minimum atomic E-state index is -3.69. The molecular formula is C27H22F4N4O3. The van der Waals surface area contributed by atoms with Gasteiger partial charge >= 0.3 is 5.92 Å². The van der Waals surface area contributed by atoms with Crippen molar-refractivity contribution < 1.29 is 31.9 Å².